The SMILES string of the molecule is C1=COC(N2CCN(C3=COC=CO3)CC2)=CO1. The van der Waals surface area contributed by atoms with Gasteiger partial charge in [0.1, 0.15) is 25.0 Å². The van der Waals surface area contributed by atoms with Crippen LogP contribution in [0.15, 0.2) is 49.3 Å². The molecular weight excluding hydrogens is 236 g/mol. The van der Waals surface area contributed by atoms with Crippen LogP contribution in [0.25, 0.3) is 0 Å². The van der Waals surface area contributed by atoms with Crippen LogP contribution in [-0.2, 0) is 18.9 Å². The quantitative estimate of drug-likeness (QED) is 0.734. The van der Waals surface area contributed by atoms with Gasteiger partial charge in [-0.3, -0.25) is 0 Å². The minimum absolute atomic E-state index is 0.742. The van der Waals surface area contributed by atoms with Gasteiger partial charge in [-0.15, -0.1) is 0 Å². The maximum atomic E-state index is 5.38. The molecule has 0 atom stereocenters. The van der Waals surface area contributed by atoms with E-state index in [1.165, 1.54) is 25.0 Å². The van der Waals surface area contributed by atoms with E-state index in [9.17, 15) is 0 Å². The Labute approximate surface area is 105 Å². The van der Waals surface area contributed by atoms with Crippen molar-refractivity contribution in [2.24, 2.45) is 0 Å². The number of ether oxygens (including phenoxy) is 4. The Morgan fingerprint density at radius 3 is 1.44 bits per heavy atom. The molecule has 3 aliphatic heterocycles. The summed E-state index contributed by atoms with van der Waals surface area (Å²) in [5.74, 6) is 1.48. The lowest BCUT2D eigenvalue weighted by Crippen LogP contribution is -2.46. The van der Waals surface area contributed by atoms with Gasteiger partial charge in [-0.25, -0.2) is 0 Å². The van der Waals surface area contributed by atoms with E-state index in [4.69, 9.17) is 18.9 Å². The fraction of sp³-hybridized carbons (Fsp3) is 0.333. The highest BCUT2D eigenvalue weighted by atomic mass is 16.6. The highest BCUT2D eigenvalue weighted by Crippen LogP contribution is 2.18. The van der Waals surface area contributed by atoms with Crippen molar-refractivity contribution in [1.29, 1.82) is 0 Å². The van der Waals surface area contributed by atoms with Crippen molar-refractivity contribution in [1.82, 2.24) is 9.80 Å². The van der Waals surface area contributed by atoms with Crippen LogP contribution in [0, 0.1) is 0 Å². The Morgan fingerprint density at radius 2 is 1.11 bits per heavy atom. The van der Waals surface area contributed by atoms with Gasteiger partial charge in [0.15, 0.2) is 12.5 Å². The van der Waals surface area contributed by atoms with Gasteiger partial charge < -0.3 is 28.7 Å². The first-order valence-corrected chi connectivity index (χ1v) is 5.78. The highest BCUT2D eigenvalue weighted by Gasteiger charge is 2.23. The maximum absolute atomic E-state index is 5.38. The van der Waals surface area contributed by atoms with Crippen LogP contribution in [0.4, 0.5) is 0 Å². The third-order valence-corrected chi connectivity index (χ3v) is 2.89. The minimum Gasteiger partial charge on any atom is -0.464 e. The van der Waals surface area contributed by atoms with Crippen molar-refractivity contribution in [2.75, 3.05) is 26.2 Å². The van der Waals surface area contributed by atoms with Gasteiger partial charge in [-0.05, 0) is 0 Å². The lowest BCUT2D eigenvalue weighted by Gasteiger charge is -2.37. The molecule has 1 fully saturated rings. The molecule has 96 valence electrons. The molecule has 0 bridgehead atoms. The fourth-order valence-corrected chi connectivity index (χ4v) is 1.96. The number of rotatable bonds is 2. The standard InChI is InChI=1S/C12H14N2O4/c1-2-14(12-10-16-6-8-18-12)4-3-13(1)11-9-15-5-7-17-11/h5-10H,1-4H2. The summed E-state index contributed by atoms with van der Waals surface area (Å²) in [6.45, 7) is 3.36. The van der Waals surface area contributed by atoms with Crippen molar-refractivity contribution in [3.63, 3.8) is 0 Å². The summed E-state index contributed by atoms with van der Waals surface area (Å²) >= 11 is 0. The van der Waals surface area contributed by atoms with E-state index in [0.29, 0.717) is 0 Å². The molecule has 0 aromatic carbocycles. The van der Waals surface area contributed by atoms with E-state index in [1.54, 1.807) is 12.5 Å². The first kappa shape index (κ1) is 10.9. The molecule has 3 rings (SSSR count). The first-order chi connectivity index (χ1) is 8.93. The molecule has 0 N–H and O–H groups in total. The van der Waals surface area contributed by atoms with Crippen LogP contribution >= 0.6 is 0 Å². The summed E-state index contributed by atoms with van der Waals surface area (Å²) in [4.78, 5) is 4.25. The van der Waals surface area contributed by atoms with E-state index in [-0.39, 0.29) is 0 Å². The Hall–Kier alpha value is -2.24. The number of piperazine rings is 1. The molecule has 0 unspecified atom stereocenters. The van der Waals surface area contributed by atoms with Crippen molar-refractivity contribution in [2.45, 2.75) is 0 Å². The molecule has 1 saturated heterocycles. The molecule has 18 heavy (non-hydrogen) atoms. The molecule has 0 amide bonds. The zero-order valence-corrected chi connectivity index (χ0v) is 9.82. The predicted molar refractivity (Wildman–Crippen MR) is 61.9 cm³/mol. The first-order valence-electron chi connectivity index (χ1n) is 5.78. The molecule has 0 aromatic heterocycles. The largest absolute Gasteiger partial charge is 0.464 e. The van der Waals surface area contributed by atoms with Crippen LogP contribution in [0.2, 0.25) is 0 Å². The normalized spacial score (nSPS) is 22.2. The van der Waals surface area contributed by atoms with Crippen molar-refractivity contribution in [3.05, 3.63) is 49.3 Å². The molecule has 0 aromatic rings. The van der Waals surface area contributed by atoms with E-state index in [2.05, 4.69) is 9.80 Å². The molecule has 3 heterocycles. The van der Waals surface area contributed by atoms with Crippen LogP contribution in [0.1, 0.15) is 0 Å². The maximum Gasteiger partial charge on any atom is 0.231 e. The van der Waals surface area contributed by atoms with Gasteiger partial charge in [0, 0.05) is 26.2 Å². The summed E-state index contributed by atoms with van der Waals surface area (Å²) in [6, 6.07) is 0. The molecule has 3 aliphatic rings. The van der Waals surface area contributed by atoms with Crippen LogP contribution in [0.5, 0.6) is 0 Å². The Morgan fingerprint density at radius 1 is 0.667 bits per heavy atom. The molecule has 6 nitrogen and oxygen atoms in total. The summed E-state index contributed by atoms with van der Waals surface area (Å²) in [6.07, 6.45) is 9.30. The third kappa shape index (κ3) is 2.22. The molecule has 6 heteroatoms. The second-order valence-corrected chi connectivity index (χ2v) is 3.94. The number of hydrogen-bond donors (Lipinski definition) is 0. The average molecular weight is 250 g/mol. The zero-order valence-electron chi connectivity index (χ0n) is 9.82. The Kier molecular flexibility index (Phi) is 2.99. The van der Waals surface area contributed by atoms with Gasteiger partial charge in [0.05, 0.1) is 0 Å². The van der Waals surface area contributed by atoms with E-state index in [1.807, 2.05) is 0 Å². The van der Waals surface area contributed by atoms with Crippen molar-refractivity contribution < 1.29 is 18.9 Å². The Bertz CT molecular complexity index is 380. The van der Waals surface area contributed by atoms with E-state index in [0.717, 1.165) is 37.9 Å². The molecule has 0 aliphatic carbocycles. The smallest absolute Gasteiger partial charge is 0.231 e. The van der Waals surface area contributed by atoms with E-state index < -0.39 is 0 Å². The van der Waals surface area contributed by atoms with Gasteiger partial charge in [0.2, 0.25) is 11.8 Å². The minimum atomic E-state index is 0.742. The van der Waals surface area contributed by atoms with Crippen molar-refractivity contribution in [3.8, 4) is 0 Å². The summed E-state index contributed by atoms with van der Waals surface area (Å²) in [5.41, 5.74) is 0. The highest BCUT2D eigenvalue weighted by molar-refractivity contribution is 5.01. The third-order valence-electron chi connectivity index (χ3n) is 2.89. The molecule has 0 saturated carbocycles. The zero-order chi connectivity index (χ0) is 12.2. The fourth-order valence-electron chi connectivity index (χ4n) is 1.96. The summed E-state index contributed by atoms with van der Waals surface area (Å²) < 4.78 is 20.9. The molecule has 0 spiro atoms. The predicted octanol–water partition coefficient (Wildman–Crippen LogP) is 1.24. The van der Waals surface area contributed by atoms with Gasteiger partial charge >= 0.3 is 0 Å². The Balaban J connectivity index is 1.54. The second-order valence-electron chi connectivity index (χ2n) is 3.94. The van der Waals surface area contributed by atoms with Crippen LogP contribution < -0.4 is 0 Å². The average Bonchev–Trinajstić information content (AvgIpc) is 2.49. The monoisotopic (exact) mass is 250 g/mol. The number of hydrogen-bond acceptors (Lipinski definition) is 6. The second kappa shape index (κ2) is 4.95. The molecule has 0 radical (unpaired) electrons. The topological polar surface area (TPSA) is 43.4 Å². The van der Waals surface area contributed by atoms with Gasteiger partial charge in [-0.2, -0.15) is 0 Å². The summed E-state index contributed by atoms with van der Waals surface area (Å²) in [7, 11) is 0. The lowest BCUT2D eigenvalue weighted by molar-refractivity contribution is 0.0672. The molecular formula is C12H14N2O4. The van der Waals surface area contributed by atoms with Crippen LogP contribution in [-0.4, -0.2) is 36.0 Å². The van der Waals surface area contributed by atoms with Crippen LogP contribution in [0.3, 0.4) is 0 Å². The lowest BCUT2D eigenvalue weighted by atomic mass is 10.3. The van der Waals surface area contributed by atoms with Crippen molar-refractivity contribution >= 4 is 0 Å². The number of nitrogens with zero attached hydrogens (tertiary/aromatic N) is 2. The van der Waals surface area contributed by atoms with Gasteiger partial charge in [0.25, 0.3) is 0 Å². The van der Waals surface area contributed by atoms with E-state index >= 15 is 0 Å². The van der Waals surface area contributed by atoms with Gasteiger partial charge in [-0.1, -0.05) is 0 Å². The summed E-state index contributed by atoms with van der Waals surface area (Å²) in [5, 5.41) is 0.